The fourth-order valence-corrected chi connectivity index (χ4v) is 15.4. The summed E-state index contributed by atoms with van der Waals surface area (Å²) in [6.45, 7) is 9.74. The van der Waals surface area contributed by atoms with E-state index in [9.17, 15) is 6.57 Å². The molecule has 0 aliphatic heterocycles. The molecule has 422 valence electrons. The van der Waals surface area contributed by atoms with Gasteiger partial charge in [0.1, 0.15) is 22.3 Å². The zero-order valence-electron chi connectivity index (χ0n) is 48.5. The Bertz CT molecular complexity index is 6270. The molecule has 0 amide bonds. The van der Waals surface area contributed by atoms with Crippen LogP contribution in [0.1, 0.15) is 0 Å². The van der Waals surface area contributed by atoms with Crippen molar-refractivity contribution in [2.24, 2.45) is 0 Å². The molecule has 0 N–H and O–H groups in total. The predicted molar refractivity (Wildman–Crippen MR) is 375 cm³/mol. The number of fused-ring (bicyclic) bond motifs is 17. The van der Waals surface area contributed by atoms with Crippen LogP contribution in [-0.2, 0) is 0 Å². The standard InChI is InChI=1S/C82H46N6O2S/c1-83-64-47-63(82-85-80(51-27-12-5-13-28-51)84-81(86-82)60-33-20-32-59-56-31-16-19-36-71(56)91-79(59)60)72(50-25-10-4-11-26-50)76(88-66-42-38-53(49-23-8-3-9-24-49)46-62(66)74-68(88)44-40-58-55-30-15-18-35-70(55)90-78(58)74)75(64)87-65-41-37-52(48-21-6-2-7-22-48)45-61(65)73-67(87)43-39-57-54-29-14-17-34-69(54)89-77(57)73/h2-47H. The van der Waals surface area contributed by atoms with E-state index < -0.39 is 0 Å². The van der Waals surface area contributed by atoms with Gasteiger partial charge in [-0.05, 0) is 107 Å². The Kier molecular flexibility index (Phi) is 11.1. The molecule has 0 aliphatic carbocycles. The third-order valence-electron chi connectivity index (χ3n) is 18.2. The highest BCUT2D eigenvalue weighted by Crippen LogP contribution is 2.53. The van der Waals surface area contributed by atoms with E-state index in [1.807, 2.05) is 60.7 Å². The first kappa shape index (κ1) is 50.9. The van der Waals surface area contributed by atoms with Gasteiger partial charge in [0.05, 0.1) is 50.8 Å². The minimum Gasteiger partial charge on any atom is -0.455 e. The Morgan fingerprint density at radius 1 is 0.330 bits per heavy atom. The van der Waals surface area contributed by atoms with Crippen molar-refractivity contribution in [1.82, 2.24) is 24.1 Å². The van der Waals surface area contributed by atoms with Gasteiger partial charge in [0.15, 0.2) is 17.5 Å². The second kappa shape index (κ2) is 19.9. The lowest BCUT2D eigenvalue weighted by molar-refractivity contribution is 0.672. The third kappa shape index (κ3) is 7.70. The number of aromatic nitrogens is 5. The van der Waals surface area contributed by atoms with Crippen molar-refractivity contribution in [2.45, 2.75) is 0 Å². The quantitative estimate of drug-likeness (QED) is 0.142. The highest BCUT2D eigenvalue weighted by molar-refractivity contribution is 7.26. The Morgan fingerprint density at radius 3 is 1.36 bits per heavy atom. The van der Waals surface area contributed by atoms with Crippen molar-refractivity contribution < 1.29 is 8.83 Å². The molecule has 9 heteroatoms. The number of hydrogen-bond donors (Lipinski definition) is 0. The maximum Gasteiger partial charge on any atom is 0.213 e. The van der Waals surface area contributed by atoms with E-state index in [4.69, 9.17) is 28.6 Å². The van der Waals surface area contributed by atoms with E-state index in [1.54, 1.807) is 11.3 Å². The van der Waals surface area contributed by atoms with Crippen molar-refractivity contribution in [2.75, 3.05) is 0 Å². The monoisotopic (exact) mass is 1180 g/mol. The van der Waals surface area contributed by atoms with Crippen LogP contribution in [0.15, 0.2) is 288 Å². The Balaban J connectivity index is 1.02. The van der Waals surface area contributed by atoms with Gasteiger partial charge in [0.2, 0.25) is 5.69 Å². The van der Waals surface area contributed by atoms with Crippen molar-refractivity contribution in [3.63, 3.8) is 0 Å². The summed E-state index contributed by atoms with van der Waals surface area (Å²) in [4.78, 5) is 21.3. The van der Waals surface area contributed by atoms with Crippen molar-refractivity contribution in [1.29, 1.82) is 0 Å². The first-order chi connectivity index (χ1) is 45.1. The van der Waals surface area contributed by atoms with Gasteiger partial charge in [0, 0.05) is 74.7 Å². The molecule has 0 atom stereocenters. The second-order valence-electron chi connectivity index (χ2n) is 23.2. The van der Waals surface area contributed by atoms with E-state index >= 15 is 0 Å². The van der Waals surface area contributed by atoms with Gasteiger partial charge >= 0.3 is 0 Å². The van der Waals surface area contributed by atoms with Gasteiger partial charge in [-0.25, -0.2) is 19.8 Å². The Morgan fingerprint density at radius 2 is 0.791 bits per heavy atom. The molecule has 91 heavy (non-hydrogen) atoms. The SMILES string of the molecule is [C-]#[N+]c1cc(-c2nc(-c3ccccc3)nc(-c3cccc4c3sc3ccccc34)n2)c(-c2ccccc2)c(-n2c3ccc(-c4ccccc4)cc3c3c4oc5ccccc5c4ccc32)c1-n1c2ccc(-c3ccccc3)cc2c2c3oc4ccccc4c3ccc21. The highest BCUT2D eigenvalue weighted by atomic mass is 32.1. The van der Waals surface area contributed by atoms with Gasteiger partial charge in [0.25, 0.3) is 0 Å². The molecule has 6 aromatic heterocycles. The molecule has 0 bridgehead atoms. The summed E-state index contributed by atoms with van der Waals surface area (Å²) in [5, 5.41) is 10.3. The van der Waals surface area contributed by atoms with Crippen LogP contribution in [-0.4, -0.2) is 24.1 Å². The number of thiophene rings is 1. The Labute approximate surface area is 523 Å². The molecule has 0 spiro atoms. The van der Waals surface area contributed by atoms with Crippen molar-refractivity contribution >= 4 is 125 Å². The van der Waals surface area contributed by atoms with Crippen LogP contribution in [0.25, 0.3) is 191 Å². The summed E-state index contributed by atoms with van der Waals surface area (Å²) in [6.07, 6.45) is 0. The fraction of sp³-hybridized carbons (Fsp3) is 0. The molecular formula is C82H46N6O2S. The average molecular weight is 1180 g/mol. The first-order valence-electron chi connectivity index (χ1n) is 30.3. The molecule has 13 aromatic carbocycles. The number of para-hydroxylation sites is 2. The summed E-state index contributed by atoms with van der Waals surface area (Å²) in [5.41, 5.74) is 17.0. The lowest BCUT2D eigenvalue weighted by Gasteiger charge is -2.25. The summed E-state index contributed by atoms with van der Waals surface area (Å²) in [5.74, 6) is 1.46. The molecule has 0 saturated heterocycles. The molecule has 6 heterocycles. The molecule has 0 aliphatic rings. The number of benzene rings is 13. The third-order valence-corrected chi connectivity index (χ3v) is 19.4. The lowest BCUT2D eigenvalue weighted by Crippen LogP contribution is -2.09. The van der Waals surface area contributed by atoms with E-state index in [-0.39, 0.29) is 0 Å². The van der Waals surface area contributed by atoms with Crippen molar-refractivity contribution in [3.05, 3.63) is 290 Å². The molecule has 19 aromatic rings. The number of furan rings is 2. The normalized spacial score (nSPS) is 11.9. The van der Waals surface area contributed by atoms with Gasteiger partial charge in [-0.15, -0.1) is 11.3 Å². The maximum atomic E-state index is 9.74. The summed E-state index contributed by atoms with van der Waals surface area (Å²) in [6, 6.07) is 97.5. The smallest absolute Gasteiger partial charge is 0.213 e. The zero-order chi connectivity index (χ0) is 59.8. The predicted octanol–water partition coefficient (Wildman–Crippen LogP) is 22.8. The molecule has 0 saturated carbocycles. The van der Waals surface area contributed by atoms with Gasteiger partial charge in [-0.2, -0.15) is 0 Å². The van der Waals surface area contributed by atoms with Gasteiger partial charge in [-0.3, -0.25) is 0 Å². The van der Waals surface area contributed by atoms with Gasteiger partial charge < -0.3 is 18.0 Å². The molecule has 0 radical (unpaired) electrons. The summed E-state index contributed by atoms with van der Waals surface area (Å²) in [7, 11) is 0. The van der Waals surface area contributed by atoms with E-state index in [2.05, 4.69) is 228 Å². The minimum absolute atomic E-state index is 0.385. The van der Waals surface area contributed by atoms with Crippen LogP contribution in [0.3, 0.4) is 0 Å². The number of nitrogens with zero attached hydrogens (tertiary/aromatic N) is 6. The molecule has 19 rings (SSSR count). The van der Waals surface area contributed by atoms with Crippen LogP contribution in [0.4, 0.5) is 5.69 Å². The molecule has 0 fully saturated rings. The highest BCUT2D eigenvalue weighted by Gasteiger charge is 2.32. The summed E-state index contributed by atoms with van der Waals surface area (Å²) >= 11 is 1.74. The number of rotatable bonds is 8. The van der Waals surface area contributed by atoms with E-state index in [1.165, 1.54) is 10.1 Å². The van der Waals surface area contributed by atoms with Gasteiger partial charge in [-0.1, -0.05) is 200 Å². The molecule has 0 unspecified atom stereocenters. The average Bonchev–Trinajstić information content (AvgIpc) is 1.58. The number of hydrogen-bond acceptors (Lipinski definition) is 6. The van der Waals surface area contributed by atoms with Crippen LogP contribution in [0.5, 0.6) is 0 Å². The maximum absolute atomic E-state index is 9.74. The topological polar surface area (TPSA) is 79.2 Å². The van der Waals surface area contributed by atoms with Crippen LogP contribution >= 0.6 is 11.3 Å². The van der Waals surface area contributed by atoms with Crippen molar-refractivity contribution in [3.8, 4) is 78.9 Å². The van der Waals surface area contributed by atoms with Crippen LogP contribution < -0.4 is 0 Å². The second-order valence-corrected chi connectivity index (χ2v) is 24.2. The van der Waals surface area contributed by atoms with E-state index in [0.717, 1.165) is 148 Å². The van der Waals surface area contributed by atoms with E-state index in [0.29, 0.717) is 34.4 Å². The first-order valence-corrected chi connectivity index (χ1v) is 31.2. The minimum atomic E-state index is 0.385. The van der Waals surface area contributed by atoms with Crippen LogP contribution in [0.2, 0.25) is 0 Å². The van der Waals surface area contributed by atoms with Crippen LogP contribution in [0, 0.1) is 6.57 Å². The largest absolute Gasteiger partial charge is 0.455 e. The lowest BCUT2D eigenvalue weighted by atomic mass is 9.93. The molecular weight excluding hydrogens is 1130 g/mol. The molecule has 8 nitrogen and oxygen atoms in total. The zero-order valence-corrected chi connectivity index (χ0v) is 49.3. The summed E-state index contributed by atoms with van der Waals surface area (Å²) < 4.78 is 21.1. The Hall–Kier alpha value is -12.2. The fourth-order valence-electron chi connectivity index (χ4n) is 14.2.